The van der Waals surface area contributed by atoms with Crippen molar-refractivity contribution in [2.75, 3.05) is 6.61 Å². The van der Waals surface area contributed by atoms with E-state index in [0.29, 0.717) is 24.5 Å². The number of hydrogen-bond donors (Lipinski definition) is 2. The monoisotopic (exact) mass is 406 g/mol. The van der Waals surface area contributed by atoms with Gasteiger partial charge in [0.05, 0.1) is 12.2 Å². The Morgan fingerprint density at radius 2 is 1.92 bits per heavy atom. The number of aryl methyl sites for hydroxylation is 1. The number of nitrogens with one attached hydrogen (secondary N) is 2. The number of ether oxygens (including phenoxy) is 1. The zero-order chi connectivity index (χ0) is 17.5. The second-order valence-electron chi connectivity index (χ2n) is 5.20. The van der Waals surface area contributed by atoms with Gasteiger partial charge in [-0.25, -0.2) is 0 Å². The topological polar surface area (TPSA) is 50.4 Å². The molecule has 4 nitrogen and oxygen atoms in total. The lowest BCUT2D eigenvalue weighted by Gasteiger charge is -2.13. The van der Waals surface area contributed by atoms with Crippen LogP contribution in [0, 0.1) is 6.92 Å². The molecule has 2 N–H and O–H groups in total. The molecule has 0 saturated heterocycles. The average molecular weight is 407 g/mol. The molecule has 1 amide bonds. The van der Waals surface area contributed by atoms with Crippen molar-refractivity contribution in [2.24, 2.45) is 0 Å². The maximum Gasteiger partial charge on any atom is 0.261 e. The van der Waals surface area contributed by atoms with Crippen LogP contribution in [0.1, 0.15) is 28.4 Å². The van der Waals surface area contributed by atoms with Crippen molar-refractivity contribution in [1.29, 1.82) is 0 Å². The van der Waals surface area contributed by atoms with Gasteiger partial charge in [-0.1, -0.05) is 45.8 Å². The molecule has 126 valence electrons. The van der Waals surface area contributed by atoms with Gasteiger partial charge in [0, 0.05) is 11.0 Å². The van der Waals surface area contributed by atoms with Crippen LogP contribution in [0.5, 0.6) is 5.75 Å². The van der Waals surface area contributed by atoms with Crippen LogP contribution in [-0.4, -0.2) is 17.6 Å². The normalized spacial score (nSPS) is 10.1. The summed E-state index contributed by atoms with van der Waals surface area (Å²) < 4.78 is 6.29. The molecule has 0 bridgehead atoms. The Morgan fingerprint density at radius 1 is 1.21 bits per heavy atom. The Kier molecular flexibility index (Phi) is 6.75. The minimum absolute atomic E-state index is 0.281. The van der Waals surface area contributed by atoms with Crippen molar-refractivity contribution in [3.8, 4) is 5.75 Å². The molecular weight excluding hydrogens is 388 g/mol. The minimum atomic E-state index is -0.304. The second-order valence-corrected chi connectivity index (χ2v) is 6.52. The maximum atomic E-state index is 12.4. The maximum absolute atomic E-state index is 12.4. The highest BCUT2D eigenvalue weighted by molar-refractivity contribution is 9.10. The van der Waals surface area contributed by atoms with Gasteiger partial charge in [0.15, 0.2) is 5.11 Å². The summed E-state index contributed by atoms with van der Waals surface area (Å²) in [5, 5.41) is 6.00. The molecule has 0 aliphatic carbocycles. The first-order valence-corrected chi connectivity index (χ1v) is 8.76. The number of amides is 1. The highest BCUT2D eigenvalue weighted by atomic mass is 79.9. The van der Waals surface area contributed by atoms with E-state index in [9.17, 15) is 4.79 Å². The highest BCUT2D eigenvalue weighted by Crippen LogP contribution is 2.23. The number of hydrogen-bond acceptors (Lipinski definition) is 3. The van der Waals surface area contributed by atoms with E-state index < -0.39 is 0 Å². The summed E-state index contributed by atoms with van der Waals surface area (Å²) in [6.45, 7) is 4.95. The zero-order valence-electron chi connectivity index (χ0n) is 13.6. The van der Waals surface area contributed by atoms with Crippen molar-refractivity contribution in [3.05, 3.63) is 63.6 Å². The van der Waals surface area contributed by atoms with Gasteiger partial charge in [-0.15, -0.1) is 0 Å². The molecule has 0 aliphatic heterocycles. The lowest BCUT2D eigenvalue weighted by atomic mass is 10.1. The number of rotatable bonds is 5. The first-order valence-electron chi connectivity index (χ1n) is 7.56. The fourth-order valence-corrected chi connectivity index (χ4v) is 2.59. The largest absolute Gasteiger partial charge is 0.493 e. The minimum Gasteiger partial charge on any atom is -0.493 e. The van der Waals surface area contributed by atoms with Gasteiger partial charge in [0.2, 0.25) is 0 Å². The van der Waals surface area contributed by atoms with E-state index in [1.165, 1.54) is 5.56 Å². The van der Waals surface area contributed by atoms with Crippen molar-refractivity contribution in [3.63, 3.8) is 0 Å². The molecular formula is C18H19BrN2O2S. The number of carbonyl (C=O) groups excluding carboxylic acids is 1. The highest BCUT2D eigenvalue weighted by Gasteiger charge is 2.14. The van der Waals surface area contributed by atoms with E-state index in [1.807, 2.05) is 44.2 Å². The van der Waals surface area contributed by atoms with Crippen LogP contribution in [0.15, 0.2) is 46.9 Å². The summed E-state index contributed by atoms with van der Waals surface area (Å²) >= 11 is 8.57. The second kappa shape index (κ2) is 8.80. The molecule has 2 aromatic rings. The van der Waals surface area contributed by atoms with Crippen molar-refractivity contribution in [1.82, 2.24) is 10.6 Å². The molecule has 0 radical (unpaired) electrons. The van der Waals surface area contributed by atoms with Gasteiger partial charge < -0.3 is 10.1 Å². The quantitative estimate of drug-likeness (QED) is 0.737. The number of thiocarbonyl (C=S) groups is 1. The third kappa shape index (κ3) is 5.32. The standard InChI is InChI=1S/C18H19BrN2O2S/c1-3-23-16-9-8-14(19)10-15(16)17(22)21-18(24)20-11-13-6-4-12(2)5-7-13/h4-10H,3,11H2,1-2H3,(H2,20,21,22,24). The van der Waals surface area contributed by atoms with Crippen LogP contribution >= 0.6 is 28.1 Å². The average Bonchev–Trinajstić information content (AvgIpc) is 2.56. The fourth-order valence-electron chi connectivity index (χ4n) is 2.06. The Balaban J connectivity index is 1.97. The molecule has 0 aromatic heterocycles. The molecule has 2 rings (SSSR count). The summed E-state index contributed by atoms with van der Waals surface area (Å²) in [5.41, 5.74) is 2.73. The summed E-state index contributed by atoms with van der Waals surface area (Å²) in [6, 6.07) is 13.4. The Labute approximate surface area is 155 Å². The molecule has 0 saturated carbocycles. The third-order valence-electron chi connectivity index (χ3n) is 3.29. The van der Waals surface area contributed by atoms with Gasteiger partial charge in [-0.2, -0.15) is 0 Å². The SMILES string of the molecule is CCOc1ccc(Br)cc1C(=O)NC(=S)NCc1ccc(C)cc1. The molecule has 0 unspecified atom stereocenters. The molecule has 24 heavy (non-hydrogen) atoms. The van der Waals surface area contributed by atoms with Gasteiger partial charge in [0.25, 0.3) is 5.91 Å². The molecule has 0 fully saturated rings. The molecule has 0 atom stereocenters. The van der Waals surface area contributed by atoms with Crippen molar-refractivity contribution >= 4 is 39.2 Å². The molecule has 0 aliphatic rings. The van der Waals surface area contributed by atoms with E-state index in [-0.39, 0.29) is 11.0 Å². The first kappa shape index (κ1) is 18.4. The van der Waals surface area contributed by atoms with E-state index in [1.54, 1.807) is 12.1 Å². The van der Waals surface area contributed by atoms with Crippen molar-refractivity contribution < 1.29 is 9.53 Å². The van der Waals surface area contributed by atoms with Crippen LogP contribution < -0.4 is 15.4 Å². The van der Waals surface area contributed by atoms with Gasteiger partial charge in [-0.05, 0) is 49.8 Å². The number of halogens is 1. The van der Waals surface area contributed by atoms with Crippen LogP contribution in [0.25, 0.3) is 0 Å². The number of carbonyl (C=O) groups is 1. The lowest BCUT2D eigenvalue weighted by molar-refractivity contribution is 0.0973. The third-order valence-corrected chi connectivity index (χ3v) is 4.03. The van der Waals surface area contributed by atoms with Gasteiger partial charge in [0.1, 0.15) is 5.75 Å². The first-order chi connectivity index (χ1) is 11.5. The Hall–Kier alpha value is -1.92. The van der Waals surface area contributed by atoms with E-state index >= 15 is 0 Å². The Bertz CT molecular complexity index is 732. The summed E-state index contributed by atoms with van der Waals surface area (Å²) in [5.74, 6) is 0.223. The molecule has 0 heterocycles. The van der Waals surface area contributed by atoms with Gasteiger partial charge in [-0.3, -0.25) is 10.1 Å². The molecule has 0 spiro atoms. The van der Waals surface area contributed by atoms with E-state index in [0.717, 1.165) is 10.0 Å². The zero-order valence-corrected chi connectivity index (χ0v) is 16.0. The predicted octanol–water partition coefficient (Wildman–Crippen LogP) is 3.96. The summed E-state index contributed by atoms with van der Waals surface area (Å²) in [7, 11) is 0. The van der Waals surface area contributed by atoms with Crippen molar-refractivity contribution in [2.45, 2.75) is 20.4 Å². The van der Waals surface area contributed by atoms with Crippen LogP contribution in [0.4, 0.5) is 0 Å². The fraction of sp³-hybridized carbons (Fsp3) is 0.222. The number of benzene rings is 2. The van der Waals surface area contributed by atoms with Gasteiger partial charge >= 0.3 is 0 Å². The Morgan fingerprint density at radius 3 is 2.58 bits per heavy atom. The van der Waals surface area contributed by atoms with E-state index in [2.05, 4.69) is 26.6 Å². The van der Waals surface area contributed by atoms with Crippen LogP contribution in [0.3, 0.4) is 0 Å². The smallest absolute Gasteiger partial charge is 0.261 e. The summed E-state index contributed by atoms with van der Waals surface area (Å²) in [4.78, 5) is 12.4. The lowest BCUT2D eigenvalue weighted by Crippen LogP contribution is -2.39. The van der Waals surface area contributed by atoms with E-state index in [4.69, 9.17) is 17.0 Å². The predicted molar refractivity (Wildman–Crippen MR) is 103 cm³/mol. The molecule has 6 heteroatoms. The summed E-state index contributed by atoms with van der Waals surface area (Å²) in [6.07, 6.45) is 0. The van der Waals surface area contributed by atoms with Crippen LogP contribution in [-0.2, 0) is 6.54 Å². The van der Waals surface area contributed by atoms with Crippen LogP contribution in [0.2, 0.25) is 0 Å². The molecule has 2 aromatic carbocycles.